The van der Waals surface area contributed by atoms with Crippen LogP contribution in [0.1, 0.15) is 32.1 Å². The number of carbonyl (C=O) groups is 1. The summed E-state index contributed by atoms with van der Waals surface area (Å²) in [5.41, 5.74) is 0. The van der Waals surface area contributed by atoms with Gasteiger partial charge >= 0.3 is 0 Å². The zero-order chi connectivity index (χ0) is 10.4. The fraction of sp³-hybridized carbons (Fsp3) is 0.917. The van der Waals surface area contributed by atoms with Crippen molar-refractivity contribution in [3.8, 4) is 0 Å². The van der Waals surface area contributed by atoms with Crippen LogP contribution >= 0.6 is 0 Å². The van der Waals surface area contributed by atoms with Gasteiger partial charge in [0.1, 0.15) is 0 Å². The average molecular weight is 208 g/mol. The Hall–Kier alpha value is -0.570. The van der Waals surface area contributed by atoms with Gasteiger partial charge in [-0.3, -0.25) is 4.79 Å². The van der Waals surface area contributed by atoms with Crippen LogP contribution in [-0.4, -0.2) is 36.5 Å². The Morgan fingerprint density at radius 2 is 1.80 bits per heavy atom. The van der Waals surface area contributed by atoms with E-state index >= 15 is 0 Å². The van der Waals surface area contributed by atoms with Crippen molar-refractivity contribution in [1.29, 1.82) is 0 Å². The summed E-state index contributed by atoms with van der Waals surface area (Å²) >= 11 is 0. The second-order valence-corrected chi connectivity index (χ2v) is 5.47. The van der Waals surface area contributed by atoms with E-state index in [1.54, 1.807) is 0 Å². The molecule has 1 saturated heterocycles. The summed E-state index contributed by atoms with van der Waals surface area (Å²) < 4.78 is 0. The van der Waals surface area contributed by atoms with Crippen LogP contribution < -0.4 is 5.32 Å². The predicted octanol–water partition coefficient (Wildman–Crippen LogP) is 0.995. The Labute approximate surface area is 91.2 Å². The van der Waals surface area contributed by atoms with Gasteiger partial charge in [0.15, 0.2) is 0 Å². The Morgan fingerprint density at radius 3 is 2.20 bits per heavy atom. The maximum atomic E-state index is 11.8. The third-order valence-corrected chi connectivity index (χ3v) is 4.08. The summed E-state index contributed by atoms with van der Waals surface area (Å²) in [6, 6.07) is 0.784. The van der Waals surface area contributed by atoms with Crippen molar-refractivity contribution in [2.45, 2.75) is 44.2 Å². The van der Waals surface area contributed by atoms with Crippen molar-refractivity contribution in [2.24, 2.45) is 11.8 Å². The molecule has 0 radical (unpaired) electrons. The molecule has 2 saturated carbocycles. The van der Waals surface area contributed by atoms with Crippen LogP contribution in [-0.2, 0) is 4.79 Å². The van der Waals surface area contributed by atoms with Crippen LogP contribution in [0.2, 0.25) is 0 Å². The molecule has 3 rings (SSSR count). The quantitative estimate of drug-likeness (QED) is 0.747. The zero-order valence-corrected chi connectivity index (χ0v) is 9.41. The van der Waals surface area contributed by atoms with Gasteiger partial charge in [-0.25, -0.2) is 0 Å². The number of amides is 1. The molecule has 2 aliphatic carbocycles. The van der Waals surface area contributed by atoms with Crippen LogP contribution in [0.5, 0.6) is 0 Å². The molecule has 0 aromatic heterocycles. The van der Waals surface area contributed by atoms with Crippen LogP contribution in [0, 0.1) is 11.8 Å². The highest BCUT2D eigenvalue weighted by atomic mass is 16.2. The molecule has 3 aliphatic rings. The van der Waals surface area contributed by atoms with E-state index < -0.39 is 0 Å². The first-order valence-electron chi connectivity index (χ1n) is 6.27. The third-order valence-electron chi connectivity index (χ3n) is 4.08. The molecule has 0 aromatic carbocycles. The van der Waals surface area contributed by atoms with Crippen molar-refractivity contribution in [2.75, 3.05) is 13.6 Å². The summed E-state index contributed by atoms with van der Waals surface area (Å²) in [5, 5.41) is 3.63. The molecule has 15 heavy (non-hydrogen) atoms. The van der Waals surface area contributed by atoms with Gasteiger partial charge in [0.25, 0.3) is 0 Å². The number of nitrogens with zero attached hydrogens (tertiary/aromatic N) is 1. The minimum atomic E-state index is 0.126. The van der Waals surface area contributed by atoms with Gasteiger partial charge in [-0.2, -0.15) is 0 Å². The van der Waals surface area contributed by atoms with Crippen LogP contribution in [0.3, 0.4) is 0 Å². The number of rotatable bonds is 4. The van der Waals surface area contributed by atoms with Crippen molar-refractivity contribution >= 4 is 5.91 Å². The standard InChI is InChI=1S/C12H20N2O/c1-14-7-6-10(12(14)15)13-11(8-2-3-8)9-4-5-9/h8-11,13H,2-7H2,1H3. The second-order valence-electron chi connectivity index (χ2n) is 5.47. The predicted molar refractivity (Wildman–Crippen MR) is 58.4 cm³/mol. The highest BCUT2D eigenvalue weighted by Crippen LogP contribution is 2.44. The van der Waals surface area contributed by atoms with Gasteiger partial charge in [-0.15, -0.1) is 0 Å². The minimum absolute atomic E-state index is 0.126. The average Bonchev–Trinajstić information content (AvgIpc) is 3.11. The molecule has 3 heteroatoms. The monoisotopic (exact) mass is 208 g/mol. The molecule has 0 spiro atoms. The summed E-state index contributed by atoms with van der Waals surface area (Å²) in [6.45, 7) is 0.929. The number of hydrogen-bond donors (Lipinski definition) is 1. The molecule has 1 N–H and O–H groups in total. The Morgan fingerprint density at radius 1 is 1.20 bits per heavy atom. The molecule has 3 fully saturated rings. The van der Waals surface area contributed by atoms with E-state index in [0.29, 0.717) is 11.9 Å². The first-order valence-corrected chi connectivity index (χ1v) is 6.27. The van der Waals surface area contributed by atoms with Crippen LogP contribution in [0.25, 0.3) is 0 Å². The second kappa shape index (κ2) is 3.48. The first-order chi connectivity index (χ1) is 7.25. The van der Waals surface area contributed by atoms with E-state index in [4.69, 9.17) is 0 Å². The van der Waals surface area contributed by atoms with E-state index in [9.17, 15) is 4.79 Å². The number of nitrogens with one attached hydrogen (secondary N) is 1. The van der Waals surface area contributed by atoms with Gasteiger partial charge < -0.3 is 10.2 Å². The van der Waals surface area contributed by atoms with E-state index in [-0.39, 0.29) is 6.04 Å². The number of hydrogen-bond acceptors (Lipinski definition) is 2. The van der Waals surface area contributed by atoms with Crippen molar-refractivity contribution in [1.82, 2.24) is 10.2 Å². The lowest BCUT2D eigenvalue weighted by Gasteiger charge is -2.21. The topological polar surface area (TPSA) is 32.3 Å². The first kappa shape index (κ1) is 9.64. The van der Waals surface area contributed by atoms with Gasteiger partial charge in [-0.05, 0) is 43.9 Å². The number of likely N-dealkylation sites (N-methyl/N-ethyl adjacent to an activating group) is 1. The molecular weight excluding hydrogens is 188 g/mol. The molecular formula is C12H20N2O. The highest BCUT2D eigenvalue weighted by Gasteiger charge is 2.43. The lowest BCUT2D eigenvalue weighted by atomic mass is 10.1. The Bertz CT molecular complexity index is 259. The Kier molecular flexibility index (Phi) is 2.23. The van der Waals surface area contributed by atoms with E-state index in [2.05, 4.69) is 5.32 Å². The maximum Gasteiger partial charge on any atom is 0.239 e. The summed E-state index contributed by atoms with van der Waals surface area (Å²) in [6.07, 6.45) is 6.52. The zero-order valence-electron chi connectivity index (χ0n) is 9.41. The maximum absolute atomic E-state index is 11.8. The van der Waals surface area contributed by atoms with Crippen LogP contribution in [0.4, 0.5) is 0 Å². The van der Waals surface area contributed by atoms with Crippen molar-refractivity contribution < 1.29 is 4.79 Å². The SMILES string of the molecule is CN1CCC(NC(C2CC2)C2CC2)C1=O. The lowest BCUT2D eigenvalue weighted by molar-refractivity contribution is -0.128. The van der Waals surface area contributed by atoms with E-state index in [1.807, 2.05) is 11.9 Å². The minimum Gasteiger partial charge on any atom is -0.344 e. The summed E-state index contributed by atoms with van der Waals surface area (Å²) in [7, 11) is 1.91. The number of carbonyl (C=O) groups excluding carboxylic acids is 1. The molecule has 3 nitrogen and oxygen atoms in total. The largest absolute Gasteiger partial charge is 0.344 e. The third kappa shape index (κ3) is 1.89. The fourth-order valence-corrected chi connectivity index (χ4v) is 2.78. The summed E-state index contributed by atoms with van der Waals surface area (Å²) in [4.78, 5) is 13.6. The lowest BCUT2D eigenvalue weighted by Crippen LogP contribution is -2.45. The fourth-order valence-electron chi connectivity index (χ4n) is 2.78. The van der Waals surface area contributed by atoms with Gasteiger partial charge in [0.05, 0.1) is 6.04 Å². The van der Waals surface area contributed by atoms with Crippen molar-refractivity contribution in [3.05, 3.63) is 0 Å². The number of likely N-dealkylation sites (tertiary alicyclic amines) is 1. The molecule has 1 unspecified atom stereocenters. The molecule has 1 amide bonds. The molecule has 1 heterocycles. The molecule has 0 aromatic rings. The van der Waals surface area contributed by atoms with Gasteiger partial charge in [0.2, 0.25) is 5.91 Å². The summed E-state index contributed by atoms with van der Waals surface area (Å²) in [5.74, 6) is 2.08. The molecule has 0 bridgehead atoms. The van der Waals surface area contributed by atoms with E-state index in [0.717, 1.165) is 24.8 Å². The van der Waals surface area contributed by atoms with E-state index in [1.165, 1.54) is 25.7 Å². The normalized spacial score (nSPS) is 31.7. The smallest absolute Gasteiger partial charge is 0.239 e. The Balaban J connectivity index is 1.60. The molecule has 1 aliphatic heterocycles. The molecule has 84 valence electrons. The highest BCUT2D eigenvalue weighted by molar-refractivity contribution is 5.83. The van der Waals surface area contributed by atoms with Crippen LogP contribution in [0.15, 0.2) is 0 Å². The van der Waals surface area contributed by atoms with Gasteiger partial charge in [0, 0.05) is 19.6 Å². The van der Waals surface area contributed by atoms with Crippen molar-refractivity contribution in [3.63, 3.8) is 0 Å². The molecule has 1 atom stereocenters. The van der Waals surface area contributed by atoms with Gasteiger partial charge in [-0.1, -0.05) is 0 Å².